The fraction of sp³-hybridized carbons (Fsp3) is 0.136. The number of hydrogen-bond donors (Lipinski definition) is 1. The molecule has 1 aliphatic rings. The lowest BCUT2D eigenvalue weighted by Crippen LogP contribution is -2.27. The second-order valence-electron chi connectivity index (χ2n) is 6.32. The van der Waals surface area contributed by atoms with Crippen molar-refractivity contribution in [3.63, 3.8) is 0 Å². The highest BCUT2D eigenvalue weighted by Crippen LogP contribution is 2.33. The lowest BCUT2D eigenvalue weighted by Gasteiger charge is -2.10. The number of ether oxygens (including phenoxy) is 1. The van der Waals surface area contributed by atoms with Crippen LogP contribution in [-0.2, 0) is 9.59 Å². The van der Waals surface area contributed by atoms with Crippen LogP contribution >= 0.6 is 11.8 Å². The molecule has 3 rings (SSSR count). The van der Waals surface area contributed by atoms with E-state index in [1.807, 2.05) is 31.2 Å². The van der Waals surface area contributed by atoms with E-state index in [9.17, 15) is 14.4 Å². The third kappa shape index (κ3) is 5.14. The van der Waals surface area contributed by atoms with Crippen LogP contribution in [0.2, 0.25) is 0 Å². The number of benzene rings is 2. The molecule has 29 heavy (non-hydrogen) atoms. The van der Waals surface area contributed by atoms with Crippen LogP contribution in [0.5, 0.6) is 5.75 Å². The Morgan fingerprint density at radius 2 is 1.90 bits per heavy atom. The quantitative estimate of drug-likeness (QED) is 0.548. The molecule has 1 aliphatic heterocycles. The molecular formula is C22H20N2O4S. The number of para-hydroxylation sites is 1. The molecule has 6 nitrogen and oxygen atoms in total. The van der Waals surface area contributed by atoms with E-state index in [-0.39, 0.29) is 30.2 Å². The first-order chi connectivity index (χ1) is 14.0. The summed E-state index contributed by atoms with van der Waals surface area (Å²) in [4.78, 5) is 37.9. The third-order valence-electron chi connectivity index (χ3n) is 4.08. The first kappa shape index (κ1) is 20.4. The number of carbonyl (C=O) groups is 3. The lowest BCUT2D eigenvalue weighted by molar-refractivity contribution is -0.122. The van der Waals surface area contributed by atoms with Crippen LogP contribution in [0.25, 0.3) is 6.08 Å². The van der Waals surface area contributed by atoms with E-state index in [1.165, 1.54) is 6.08 Å². The monoisotopic (exact) mass is 408 g/mol. The van der Waals surface area contributed by atoms with Crippen molar-refractivity contribution in [2.75, 3.05) is 18.5 Å². The zero-order valence-corrected chi connectivity index (χ0v) is 16.7. The molecule has 1 saturated heterocycles. The van der Waals surface area contributed by atoms with Gasteiger partial charge in [0.2, 0.25) is 0 Å². The lowest BCUT2D eigenvalue weighted by atomic mass is 10.2. The van der Waals surface area contributed by atoms with Gasteiger partial charge in [0.25, 0.3) is 17.1 Å². The molecule has 2 aromatic carbocycles. The Bertz CT molecular complexity index is 983. The Balaban J connectivity index is 1.68. The van der Waals surface area contributed by atoms with Crippen molar-refractivity contribution in [3.05, 3.63) is 77.2 Å². The van der Waals surface area contributed by atoms with E-state index >= 15 is 0 Å². The van der Waals surface area contributed by atoms with Gasteiger partial charge < -0.3 is 10.1 Å². The maximum atomic E-state index is 12.4. The molecule has 0 atom stereocenters. The molecule has 3 amide bonds. The van der Waals surface area contributed by atoms with Crippen molar-refractivity contribution in [2.24, 2.45) is 0 Å². The van der Waals surface area contributed by atoms with E-state index in [0.717, 1.165) is 22.2 Å². The minimum absolute atomic E-state index is 0.166. The number of nitrogens with one attached hydrogen (secondary N) is 1. The highest BCUT2D eigenvalue weighted by molar-refractivity contribution is 8.18. The Kier molecular flexibility index (Phi) is 6.51. The van der Waals surface area contributed by atoms with Crippen LogP contribution in [-0.4, -0.2) is 35.1 Å². The van der Waals surface area contributed by atoms with Gasteiger partial charge in [0.15, 0.2) is 6.61 Å². The van der Waals surface area contributed by atoms with Gasteiger partial charge in [-0.1, -0.05) is 42.0 Å². The van der Waals surface area contributed by atoms with Gasteiger partial charge in [0.05, 0.1) is 4.91 Å². The molecule has 0 bridgehead atoms. The number of imide groups is 1. The van der Waals surface area contributed by atoms with E-state index in [1.54, 1.807) is 30.3 Å². The van der Waals surface area contributed by atoms with Crippen molar-refractivity contribution in [3.8, 4) is 5.75 Å². The van der Waals surface area contributed by atoms with Gasteiger partial charge in [-0.2, -0.15) is 0 Å². The molecule has 7 heteroatoms. The fourth-order valence-corrected chi connectivity index (χ4v) is 3.48. The smallest absolute Gasteiger partial charge is 0.293 e. The van der Waals surface area contributed by atoms with Gasteiger partial charge in [-0.05, 0) is 43.0 Å². The molecule has 0 radical (unpaired) electrons. The van der Waals surface area contributed by atoms with Crippen molar-refractivity contribution in [2.45, 2.75) is 6.92 Å². The summed E-state index contributed by atoms with van der Waals surface area (Å²) in [7, 11) is 0. The Morgan fingerprint density at radius 1 is 1.17 bits per heavy atom. The molecule has 0 aromatic heterocycles. The summed E-state index contributed by atoms with van der Waals surface area (Å²) in [6.45, 7) is 5.51. The zero-order chi connectivity index (χ0) is 20.8. The summed E-state index contributed by atoms with van der Waals surface area (Å²) in [6, 6.07) is 14.5. The summed E-state index contributed by atoms with van der Waals surface area (Å²) >= 11 is 0.868. The molecule has 0 unspecified atom stereocenters. The summed E-state index contributed by atoms with van der Waals surface area (Å²) in [5.74, 6) is -0.219. The second kappa shape index (κ2) is 9.25. The van der Waals surface area contributed by atoms with Crippen molar-refractivity contribution in [1.29, 1.82) is 0 Å². The molecule has 1 N–H and O–H groups in total. The molecule has 1 heterocycles. The highest BCUT2D eigenvalue weighted by Gasteiger charge is 2.34. The molecule has 2 aromatic rings. The SMILES string of the molecule is C=CCN1C(=O)S/C(=C/c2ccccc2OCC(=O)Nc2ccc(C)cc2)C1=O. The van der Waals surface area contributed by atoms with E-state index < -0.39 is 0 Å². The molecule has 0 spiro atoms. The van der Waals surface area contributed by atoms with E-state index in [4.69, 9.17) is 4.74 Å². The summed E-state index contributed by atoms with van der Waals surface area (Å²) < 4.78 is 5.65. The van der Waals surface area contributed by atoms with Gasteiger partial charge in [0, 0.05) is 17.8 Å². The number of anilines is 1. The van der Waals surface area contributed by atoms with Crippen LogP contribution < -0.4 is 10.1 Å². The zero-order valence-electron chi connectivity index (χ0n) is 15.9. The molecule has 0 saturated carbocycles. The first-order valence-corrected chi connectivity index (χ1v) is 9.74. The molecule has 0 aliphatic carbocycles. The Morgan fingerprint density at radius 3 is 2.62 bits per heavy atom. The number of hydrogen-bond acceptors (Lipinski definition) is 5. The highest BCUT2D eigenvalue weighted by atomic mass is 32.2. The van der Waals surface area contributed by atoms with E-state index in [0.29, 0.717) is 21.9 Å². The minimum Gasteiger partial charge on any atom is -0.483 e. The van der Waals surface area contributed by atoms with Gasteiger partial charge >= 0.3 is 0 Å². The van der Waals surface area contributed by atoms with E-state index in [2.05, 4.69) is 11.9 Å². The standard InChI is InChI=1S/C22H20N2O4S/c1-3-12-24-21(26)19(29-22(24)27)13-16-6-4-5-7-18(16)28-14-20(25)23-17-10-8-15(2)9-11-17/h3-11,13H,1,12,14H2,2H3,(H,23,25)/b19-13+. The van der Waals surface area contributed by atoms with Crippen LogP contribution in [0.1, 0.15) is 11.1 Å². The number of rotatable bonds is 7. The van der Waals surface area contributed by atoms with Crippen molar-refractivity contribution < 1.29 is 19.1 Å². The van der Waals surface area contributed by atoms with Gasteiger partial charge in [-0.25, -0.2) is 0 Å². The number of nitrogens with zero attached hydrogens (tertiary/aromatic N) is 1. The molecule has 148 valence electrons. The predicted octanol–water partition coefficient (Wildman–Crippen LogP) is 4.23. The normalized spacial score (nSPS) is 14.9. The maximum absolute atomic E-state index is 12.4. The third-order valence-corrected chi connectivity index (χ3v) is 4.99. The second-order valence-corrected chi connectivity index (χ2v) is 7.31. The van der Waals surface area contributed by atoms with Crippen molar-refractivity contribution >= 4 is 40.6 Å². The first-order valence-electron chi connectivity index (χ1n) is 8.92. The average Bonchev–Trinajstić information content (AvgIpc) is 2.97. The molecule has 1 fully saturated rings. The largest absolute Gasteiger partial charge is 0.483 e. The van der Waals surface area contributed by atoms with Crippen LogP contribution in [0.3, 0.4) is 0 Å². The number of amides is 3. The van der Waals surface area contributed by atoms with Gasteiger partial charge in [-0.15, -0.1) is 6.58 Å². The van der Waals surface area contributed by atoms with Crippen molar-refractivity contribution in [1.82, 2.24) is 4.90 Å². The minimum atomic E-state index is -0.369. The number of carbonyl (C=O) groups excluding carboxylic acids is 3. The summed E-state index contributed by atoms with van der Waals surface area (Å²) in [5, 5.41) is 2.43. The molecular weight excluding hydrogens is 388 g/mol. The predicted molar refractivity (Wildman–Crippen MR) is 115 cm³/mol. The Labute approximate surface area is 173 Å². The number of aryl methyl sites for hydroxylation is 1. The number of thioether (sulfide) groups is 1. The average molecular weight is 408 g/mol. The fourth-order valence-electron chi connectivity index (χ4n) is 2.64. The van der Waals surface area contributed by atoms with Gasteiger partial charge in [0.1, 0.15) is 5.75 Å². The summed E-state index contributed by atoms with van der Waals surface area (Å²) in [5.41, 5.74) is 2.40. The Hall–Kier alpha value is -3.32. The van der Waals surface area contributed by atoms with Gasteiger partial charge in [-0.3, -0.25) is 19.3 Å². The maximum Gasteiger partial charge on any atom is 0.293 e. The van der Waals surface area contributed by atoms with Crippen LogP contribution in [0, 0.1) is 6.92 Å². The van der Waals surface area contributed by atoms with Crippen LogP contribution in [0.15, 0.2) is 66.1 Å². The van der Waals surface area contributed by atoms with Crippen LogP contribution in [0.4, 0.5) is 10.5 Å². The topological polar surface area (TPSA) is 75.7 Å². The summed E-state index contributed by atoms with van der Waals surface area (Å²) in [6.07, 6.45) is 3.10.